The maximum absolute atomic E-state index is 13.5. The van der Waals surface area contributed by atoms with Crippen molar-refractivity contribution in [1.29, 1.82) is 0 Å². The summed E-state index contributed by atoms with van der Waals surface area (Å²) in [5.74, 6) is 1.11. The number of hydrogen-bond donors (Lipinski definition) is 1. The van der Waals surface area contributed by atoms with Gasteiger partial charge in [-0.1, -0.05) is 29.8 Å². The number of hydrogen-bond acceptors (Lipinski definition) is 5. The number of anilines is 1. The van der Waals surface area contributed by atoms with Crippen molar-refractivity contribution in [2.24, 2.45) is 17.3 Å². The predicted octanol–water partition coefficient (Wildman–Crippen LogP) is 5.29. The summed E-state index contributed by atoms with van der Waals surface area (Å²) >= 11 is 0. The van der Waals surface area contributed by atoms with E-state index in [0.29, 0.717) is 24.8 Å². The number of aryl methyl sites for hydroxylation is 2. The van der Waals surface area contributed by atoms with E-state index >= 15 is 0 Å². The van der Waals surface area contributed by atoms with Gasteiger partial charge in [-0.2, -0.15) is 10.2 Å². The summed E-state index contributed by atoms with van der Waals surface area (Å²) in [6, 6.07) is 8.43. The molecule has 37 heavy (non-hydrogen) atoms. The first-order chi connectivity index (χ1) is 17.6. The van der Waals surface area contributed by atoms with Gasteiger partial charge in [0.05, 0.1) is 34.1 Å². The normalized spacial score (nSPS) is 28.0. The second-order valence-electron chi connectivity index (χ2n) is 12.0. The lowest BCUT2D eigenvalue weighted by atomic mass is 9.46. The number of benzene rings is 1. The minimum atomic E-state index is -0.378. The van der Waals surface area contributed by atoms with Crippen LogP contribution in [0.2, 0.25) is 0 Å². The molecular weight excluding hydrogens is 468 g/mol. The molecule has 2 atom stereocenters. The van der Waals surface area contributed by atoms with Gasteiger partial charge in [0.1, 0.15) is 12.4 Å². The summed E-state index contributed by atoms with van der Waals surface area (Å²) in [4.78, 5) is 24.4. The third-order valence-electron chi connectivity index (χ3n) is 9.05. The third kappa shape index (κ3) is 4.24. The zero-order valence-electron chi connectivity index (χ0n) is 21.7. The lowest BCUT2D eigenvalue weighted by Crippen LogP contribution is -2.57. The van der Waals surface area contributed by atoms with Crippen molar-refractivity contribution in [1.82, 2.24) is 19.6 Å². The molecule has 4 aliphatic rings. The van der Waals surface area contributed by atoms with Crippen molar-refractivity contribution in [3.05, 3.63) is 69.3 Å². The van der Waals surface area contributed by atoms with Crippen molar-refractivity contribution in [2.75, 3.05) is 5.32 Å². The Bertz CT molecular complexity index is 1360. The van der Waals surface area contributed by atoms with Crippen LogP contribution >= 0.6 is 0 Å². The molecule has 7 rings (SSSR count). The Balaban J connectivity index is 1.20. The van der Waals surface area contributed by atoms with Crippen LogP contribution in [0.1, 0.15) is 67.5 Å². The van der Waals surface area contributed by atoms with Crippen molar-refractivity contribution in [3.63, 3.8) is 0 Å². The Morgan fingerprint density at radius 2 is 1.84 bits per heavy atom. The molecule has 9 nitrogen and oxygen atoms in total. The van der Waals surface area contributed by atoms with Gasteiger partial charge in [-0.25, -0.2) is 0 Å². The molecule has 2 unspecified atom stereocenters. The summed E-state index contributed by atoms with van der Waals surface area (Å²) in [6.07, 6.45) is 9.55. The molecule has 0 radical (unpaired) electrons. The highest BCUT2D eigenvalue weighted by Gasteiger charge is 2.59. The van der Waals surface area contributed by atoms with Crippen LogP contribution in [0.3, 0.4) is 0 Å². The summed E-state index contributed by atoms with van der Waals surface area (Å²) in [5, 5.41) is 23.6. The first kappa shape index (κ1) is 23.9. The smallest absolute Gasteiger partial charge is 0.307 e. The molecule has 1 amide bonds. The van der Waals surface area contributed by atoms with Gasteiger partial charge in [0, 0.05) is 6.42 Å². The highest BCUT2D eigenvalue weighted by atomic mass is 16.6. The van der Waals surface area contributed by atoms with Gasteiger partial charge in [0.15, 0.2) is 0 Å². The van der Waals surface area contributed by atoms with Gasteiger partial charge in [0.2, 0.25) is 5.91 Å². The fourth-order valence-electron chi connectivity index (χ4n) is 7.97. The Labute approximate surface area is 216 Å². The van der Waals surface area contributed by atoms with Crippen LogP contribution in [-0.2, 0) is 16.9 Å². The van der Waals surface area contributed by atoms with E-state index in [1.54, 1.807) is 6.20 Å². The fraction of sp³-hybridized carbons (Fsp3) is 0.536. The second kappa shape index (κ2) is 8.53. The maximum atomic E-state index is 13.5. The van der Waals surface area contributed by atoms with Crippen molar-refractivity contribution in [2.45, 2.75) is 77.8 Å². The number of rotatable bonds is 7. The maximum Gasteiger partial charge on any atom is 0.307 e. The SMILES string of the molecule is Cc1ccc(Cn2nc(C)c(NC(=O)CC34CC5CC(C3)CC(n3cc([N+](=O)[O-])cn3)(C5)C4)c2C)cc1. The number of nitrogens with zero attached hydrogens (tertiary/aromatic N) is 5. The average molecular weight is 503 g/mol. The lowest BCUT2D eigenvalue weighted by molar-refractivity contribution is -0.385. The third-order valence-corrected chi connectivity index (χ3v) is 9.05. The molecule has 4 aliphatic carbocycles. The van der Waals surface area contributed by atoms with Crippen LogP contribution in [0.25, 0.3) is 0 Å². The molecule has 194 valence electrons. The van der Waals surface area contributed by atoms with Crippen LogP contribution in [0, 0.1) is 48.1 Å². The van der Waals surface area contributed by atoms with E-state index < -0.39 is 0 Å². The zero-order chi connectivity index (χ0) is 25.9. The molecule has 9 heteroatoms. The number of carbonyl (C=O) groups excluding carboxylic acids is 1. The number of nitro groups is 1. The first-order valence-corrected chi connectivity index (χ1v) is 13.2. The molecule has 3 aromatic rings. The molecule has 4 bridgehead atoms. The van der Waals surface area contributed by atoms with E-state index in [0.717, 1.165) is 49.2 Å². The fourth-order valence-corrected chi connectivity index (χ4v) is 7.97. The van der Waals surface area contributed by atoms with Crippen molar-refractivity contribution < 1.29 is 9.72 Å². The highest BCUT2D eigenvalue weighted by molar-refractivity contribution is 5.92. The minimum absolute atomic E-state index is 0.0321. The van der Waals surface area contributed by atoms with Crippen LogP contribution in [-0.4, -0.2) is 30.4 Å². The van der Waals surface area contributed by atoms with Gasteiger partial charge in [-0.15, -0.1) is 0 Å². The molecule has 0 saturated heterocycles. The van der Waals surface area contributed by atoms with Gasteiger partial charge in [-0.3, -0.25) is 24.3 Å². The second-order valence-corrected chi connectivity index (χ2v) is 12.0. The zero-order valence-corrected chi connectivity index (χ0v) is 21.7. The molecule has 4 saturated carbocycles. The quantitative estimate of drug-likeness (QED) is 0.349. The van der Waals surface area contributed by atoms with Crippen LogP contribution in [0.4, 0.5) is 11.4 Å². The topological polar surface area (TPSA) is 108 Å². The summed E-state index contributed by atoms with van der Waals surface area (Å²) in [7, 11) is 0. The average Bonchev–Trinajstić information content (AvgIpc) is 3.42. The van der Waals surface area contributed by atoms with Crippen LogP contribution in [0.15, 0.2) is 36.7 Å². The summed E-state index contributed by atoms with van der Waals surface area (Å²) in [5.41, 5.74) is 4.71. The van der Waals surface area contributed by atoms with Gasteiger partial charge in [0.25, 0.3) is 0 Å². The van der Waals surface area contributed by atoms with Crippen molar-refractivity contribution >= 4 is 17.3 Å². The monoisotopic (exact) mass is 502 g/mol. The predicted molar refractivity (Wildman–Crippen MR) is 139 cm³/mol. The first-order valence-electron chi connectivity index (χ1n) is 13.2. The molecule has 1 aromatic carbocycles. The number of carbonyl (C=O) groups is 1. The number of amides is 1. The summed E-state index contributed by atoms with van der Waals surface area (Å²) in [6.45, 7) is 6.69. The minimum Gasteiger partial charge on any atom is -0.323 e. The Morgan fingerprint density at radius 1 is 1.14 bits per heavy atom. The molecule has 2 heterocycles. The van der Waals surface area contributed by atoms with E-state index in [9.17, 15) is 14.9 Å². The Morgan fingerprint density at radius 3 is 2.49 bits per heavy atom. The molecular formula is C28H34N6O3. The molecule has 0 spiro atoms. The number of nitrogens with one attached hydrogen (secondary N) is 1. The van der Waals surface area contributed by atoms with E-state index in [4.69, 9.17) is 5.10 Å². The van der Waals surface area contributed by atoms with Crippen LogP contribution < -0.4 is 5.32 Å². The molecule has 4 fully saturated rings. The van der Waals surface area contributed by atoms with E-state index in [1.165, 1.54) is 23.7 Å². The molecule has 2 aromatic heterocycles. The largest absolute Gasteiger partial charge is 0.323 e. The van der Waals surface area contributed by atoms with Gasteiger partial charge in [-0.05, 0) is 82.1 Å². The van der Waals surface area contributed by atoms with E-state index in [2.05, 4.69) is 41.6 Å². The van der Waals surface area contributed by atoms with E-state index in [-0.39, 0.29) is 27.5 Å². The van der Waals surface area contributed by atoms with Crippen LogP contribution in [0.5, 0.6) is 0 Å². The Kier molecular flexibility index (Phi) is 5.51. The van der Waals surface area contributed by atoms with Crippen molar-refractivity contribution in [3.8, 4) is 0 Å². The Hall–Kier alpha value is -3.49. The number of aromatic nitrogens is 4. The summed E-state index contributed by atoms with van der Waals surface area (Å²) < 4.78 is 3.82. The highest BCUT2D eigenvalue weighted by Crippen LogP contribution is 2.65. The molecule has 0 aliphatic heterocycles. The van der Waals surface area contributed by atoms with Gasteiger partial charge >= 0.3 is 5.69 Å². The molecule has 1 N–H and O–H groups in total. The lowest BCUT2D eigenvalue weighted by Gasteiger charge is -2.61. The van der Waals surface area contributed by atoms with Gasteiger partial charge < -0.3 is 5.32 Å². The standard InChI is InChI=1S/C28H34N6O3/c1-18-4-6-21(7-5-18)15-32-20(3)26(19(2)31-32)30-25(35)13-27-9-22-8-23(10-27)12-28(11-22,17-27)33-16-24(14-29-33)34(36)37/h4-7,14,16,22-23H,8-13,15,17H2,1-3H3,(H,30,35). The van der Waals surface area contributed by atoms with E-state index in [1.807, 2.05) is 23.2 Å².